The molecule has 1 heterocycles. The zero-order valence-electron chi connectivity index (χ0n) is 19.2. The molecule has 0 aromatic heterocycles. The van der Waals surface area contributed by atoms with E-state index in [0.717, 1.165) is 24.2 Å². The molecule has 1 aromatic rings. The van der Waals surface area contributed by atoms with Crippen LogP contribution >= 0.6 is 0 Å². The number of hydrogen-bond donors (Lipinski definition) is 0. The largest absolute Gasteiger partial charge is 0.497 e. The van der Waals surface area contributed by atoms with Crippen LogP contribution in [-0.4, -0.2) is 85.1 Å². The third-order valence-corrected chi connectivity index (χ3v) is 6.49. The lowest BCUT2D eigenvalue weighted by atomic mass is 10.2. The minimum atomic E-state index is -0.176. The lowest BCUT2D eigenvalue weighted by Crippen LogP contribution is -2.42. The Kier molecular flexibility index (Phi) is 8.72. The number of ether oxygens (including phenoxy) is 2. The molecule has 0 bridgehead atoms. The molecule has 1 atom stereocenters. The van der Waals surface area contributed by atoms with Crippen molar-refractivity contribution in [2.45, 2.75) is 58.2 Å². The van der Waals surface area contributed by atoms with E-state index in [1.807, 2.05) is 43.0 Å². The SMILES string of the molecule is CCN(CC)C(=O)COC1CN(Cc2ccc(OC)cc2)C(=O)CN(C2CCCC2)C1. The molecule has 7 nitrogen and oxygen atoms in total. The zero-order chi connectivity index (χ0) is 22.2. The van der Waals surface area contributed by atoms with Crippen LogP contribution in [0.4, 0.5) is 0 Å². The molecule has 2 amide bonds. The van der Waals surface area contributed by atoms with E-state index in [4.69, 9.17) is 9.47 Å². The summed E-state index contributed by atoms with van der Waals surface area (Å²) in [5, 5.41) is 0. The molecule has 1 saturated heterocycles. The third-order valence-electron chi connectivity index (χ3n) is 6.49. The van der Waals surface area contributed by atoms with Crippen LogP contribution in [0, 0.1) is 0 Å². The summed E-state index contributed by atoms with van der Waals surface area (Å²) in [6.45, 7) is 7.53. The Balaban J connectivity index is 1.69. The van der Waals surface area contributed by atoms with Crippen LogP contribution in [-0.2, 0) is 20.9 Å². The number of carbonyl (C=O) groups excluding carboxylic acids is 2. The van der Waals surface area contributed by atoms with Crippen LogP contribution in [0.1, 0.15) is 45.1 Å². The molecule has 0 spiro atoms. The summed E-state index contributed by atoms with van der Waals surface area (Å²) in [7, 11) is 1.65. The predicted molar refractivity (Wildman–Crippen MR) is 120 cm³/mol. The fourth-order valence-electron chi connectivity index (χ4n) is 4.62. The number of benzene rings is 1. The molecule has 1 unspecified atom stereocenters. The van der Waals surface area contributed by atoms with Crippen molar-refractivity contribution in [1.29, 1.82) is 0 Å². The number of hydrogen-bond acceptors (Lipinski definition) is 5. The Bertz CT molecular complexity index is 714. The van der Waals surface area contributed by atoms with E-state index < -0.39 is 0 Å². The van der Waals surface area contributed by atoms with E-state index in [1.165, 1.54) is 12.8 Å². The summed E-state index contributed by atoms with van der Waals surface area (Å²) < 4.78 is 11.3. The van der Waals surface area contributed by atoms with Gasteiger partial charge in [-0.25, -0.2) is 0 Å². The number of nitrogens with zero attached hydrogens (tertiary/aromatic N) is 3. The van der Waals surface area contributed by atoms with Crippen molar-refractivity contribution in [2.24, 2.45) is 0 Å². The first-order chi connectivity index (χ1) is 15.0. The van der Waals surface area contributed by atoms with Gasteiger partial charge in [0.1, 0.15) is 12.4 Å². The number of methoxy groups -OCH3 is 1. The molecule has 1 aliphatic carbocycles. The van der Waals surface area contributed by atoms with Crippen molar-refractivity contribution in [3.63, 3.8) is 0 Å². The first-order valence-corrected chi connectivity index (χ1v) is 11.6. The quantitative estimate of drug-likeness (QED) is 0.601. The number of likely N-dealkylation sites (N-methyl/N-ethyl adjacent to an activating group) is 1. The number of rotatable bonds is 9. The Morgan fingerprint density at radius 3 is 2.39 bits per heavy atom. The van der Waals surface area contributed by atoms with Crippen LogP contribution in [0.15, 0.2) is 24.3 Å². The molecule has 3 rings (SSSR count). The van der Waals surface area contributed by atoms with E-state index >= 15 is 0 Å². The van der Waals surface area contributed by atoms with Gasteiger partial charge in [0.2, 0.25) is 11.8 Å². The average Bonchev–Trinajstić information content (AvgIpc) is 3.27. The second kappa shape index (κ2) is 11.5. The summed E-state index contributed by atoms with van der Waals surface area (Å²) >= 11 is 0. The fourth-order valence-corrected chi connectivity index (χ4v) is 4.62. The lowest BCUT2D eigenvalue weighted by molar-refractivity contribution is -0.138. The van der Waals surface area contributed by atoms with E-state index in [2.05, 4.69) is 4.90 Å². The van der Waals surface area contributed by atoms with Gasteiger partial charge in [-0.1, -0.05) is 25.0 Å². The molecule has 31 heavy (non-hydrogen) atoms. The summed E-state index contributed by atoms with van der Waals surface area (Å²) in [5.74, 6) is 0.938. The van der Waals surface area contributed by atoms with Crippen LogP contribution in [0.2, 0.25) is 0 Å². The molecular formula is C24H37N3O4. The van der Waals surface area contributed by atoms with Gasteiger partial charge in [-0.2, -0.15) is 0 Å². The van der Waals surface area contributed by atoms with Crippen LogP contribution in [0.3, 0.4) is 0 Å². The van der Waals surface area contributed by atoms with Gasteiger partial charge in [0.15, 0.2) is 0 Å². The molecule has 2 aliphatic rings. The Morgan fingerprint density at radius 2 is 1.77 bits per heavy atom. The average molecular weight is 432 g/mol. The van der Waals surface area contributed by atoms with Gasteiger partial charge in [0, 0.05) is 38.8 Å². The molecule has 172 valence electrons. The van der Waals surface area contributed by atoms with E-state index in [9.17, 15) is 9.59 Å². The van der Waals surface area contributed by atoms with Crippen LogP contribution in [0.25, 0.3) is 0 Å². The van der Waals surface area contributed by atoms with Crippen molar-refractivity contribution in [3.05, 3.63) is 29.8 Å². The van der Waals surface area contributed by atoms with E-state index in [0.29, 0.717) is 45.3 Å². The van der Waals surface area contributed by atoms with Gasteiger partial charge in [0.25, 0.3) is 0 Å². The molecule has 1 aliphatic heterocycles. The first kappa shape index (κ1) is 23.5. The summed E-state index contributed by atoms with van der Waals surface area (Å²) in [6, 6.07) is 8.25. The zero-order valence-corrected chi connectivity index (χ0v) is 19.2. The van der Waals surface area contributed by atoms with Gasteiger partial charge < -0.3 is 19.3 Å². The van der Waals surface area contributed by atoms with Crippen LogP contribution in [0.5, 0.6) is 5.75 Å². The number of carbonyl (C=O) groups is 2. The van der Waals surface area contributed by atoms with Crippen molar-refractivity contribution in [3.8, 4) is 5.75 Å². The van der Waals surface area contributed by atoms with Crippen molar-refractivity contribution in [1.82, 2.24) is 14.7 Å². The topological polar surface area (TPSA) is 62.3 Å². The van der Waals surface area contributed by atoms with Gasteiger partial charge in [0.05, 0.1) is 19.8 Å². The Morgan fingerprint density at radius 1 is 1.10 bits per heavy atom. The highest BCUT2D eigenvalue weighted by molar-refractivity contribution is 5.79. The summed E-state index contributed by atoms with van der Waals surface area (Å²) in [4.78, 5) is 31.5. The van der Waals surface area contributed by atoms with Gasteiger partial charge in [-0.05, 0) is 44.4 Å². The minimum Gasteiger partial charge on any atom is -0.497 e. The maximum atomic E-state index is 13.1. The second-order valence-electron chi connectivity index (χ2n) is 8.49. The molecule has 0 radical (unpaired) electrons. The highest BCUT2D eigenvalue weighted by Crippen LogP contribution is 2.25. The molecular weight excluding hydrogens is 394 g/mol. The van der Waals surface area contributed by atoms with Crippen LogP contribution < -0.4 is 4.74 Å². The predicted octanol–water partition coefficient (Wildman–Crippen LogP) is 2.54. The molecule has 0 N–H and O–H groups in total. The van der Waals surface area contributed by atoms with Crippen molar-refractivity contribution >= 4 is 11.8 Å². The maximum Gasteiger partial charge on any atom is 0.248 e. The standard InChI is InChI=1S/C24H37N3O4/c1-4-25(5-2)24(29)18-31-22-15-26(20-8-6-7-9-20)17-23(28)27(16-22)14-19-10-12-21(30-3)13-11-19/h10-13,20,22H,4-9,14-18H2,1-3H3. The lowest BCUT2D eigenvalue weighted by Gasteiger charge is -2.29. The van der Waals surface area contributed by atoms with Gasteiger partial charge in [-0.3, -0.25) is 14.5 Å². The molecule has 1 aromatic carbocycles. The van der Waals surface area contributed by atoms with Crippen molar-refractivity contribution in [2.75, 3.05) is 46.4 Å². The van der Waals surface area contributed by atoms with Gasteiger partial charge in [-0.15, -0.1) is 0 Å². The molecule has 1 saturated carbocycles. The van der Waals surface area contributed by atoms with Crippen molar-refractivity contribution < 1.29 is 19.1 Å². The van der Waals surface area contributed by atoms with E-state index in [-0.39, 0.29) is 24.5 Å². The highest BCUT2D eigenvalue weighted by Gasteiger charge is 2.33. The first-order valence-electron chi connectivity index (χ1n) is 11.6. The Hall–Kier alpha value is -2.12. The fraction of sp³-hybridized carbons (Fsp3) is 0.667. The number of amides is 2. The molecule has 7 heteroatoms. The maximum absolute atomic E-state index is 13.1. The third kappa shape index (κ3) is 6.43. The molecule has 2 fully saturated rings. The second-order valence-corrected chi connectivity index (χ2v) is 8.49. The summed E-state index contributed by atoms with van der Waals surface area (Å²) in [6.07, 6.45) is 4.53. The smallest absolute Gasteiger partial charge is 0.248 e. The normalized spacial score (nSPS) is 20.7. The van der Waals surface area contributed by atoms with E-state index in [1.54, 1.807) is 12.0 Å². The Labute approximate surface area is 186 Å². The highest BCUT2D eigenvalue weighted by atomic mass is 16.5. The minimum absolute atomic E-state index is 0.00898. The van der Waals surface area contributed by atoms with Gasteiger partial charge >= 0.3 is 0 Å². The summed E-state index contributed by atoms with van der Waals surface area (Å²) in [5.41, 5.74) is 1.06. The monoisotopic (exact) mass is 431 g/mol.